The fourth-order valence-electron chi connectivity index (χ4n) is 2.27. The van der Waals surface area contributed by atoms with Crippen LogP contribution in [0.3, 0.4) is 0 Å². The third kappa shape index (κ3) is 1.69. The molecule has 1 amide bonds. The molecule has 1 heterocycles. The molecule has 1 aliphatic heterocycles. The number of nitriles is 1. The van der Waals surface area contributed by atoms with Crippen LogP contribution in [-0.4, -0.2) is 22.9 Å². The van der Waals surface area contributed by atoms with Crippen molar-refractivity contribution >= 4 is 17.5 Å². The molecule has 0 aromatic carbocycles. The normalized spacial score (nSPS) is 27.3. The number of allylic oxidation sites excluding steroid dienone is 4. The molecule has 18 heavy (non-hydrogen) atoms. The standard InChI is InChI=1S/C14H15ClN2O/c1-13(2,3)17-8-10-11(15)6-4-5-7-14(10,9-16)12(17)18/h4-7H,8H2,1-3H3. The molecule has 1 unspecified atom stereocenters. The molecule has 0 spiro atoms. The van der Waals surface area contributed by atoms with Gasteiger partial charge in [-0.25, -0.2) is 0 Å². The van der Waals surface area contributed by atoms with E-state index in [1.807, 2.05) is 20.8 Å². The molecule has 1 fully saturated rings. The number of hydrogen-bond donors (Lipinski definition) is 0. The lowest BCUT2D eigenvalue weighted by molar-refractivity contribution is -0.135. The van der Waals surface area contributed by atoms with Gasteiger partial charge in [0.2, 0.25) is 0 Å². The lowest BCUT2D eigenvalue weighted by Gasteiger charge is -2.32. The van der Waals surface area contributed by atoms with Gasteiger partial charge in [-0.2, -0.15) is 5.26 Å². The van der Waals surface area contributed by atoms with Gasteiger partial charge in [-0.15, -0.1) is 0 Å². The molecule has 2 aliphatic rings. The summed E-state index contributed by atoms with van der Waals surface area (Å²) >= 11 is 6.19. The van der Waals surface area contributed by atoms with Gasteiger partial charge in [-0.05, 0) is 26.8 Å². The molecule has 0 bridgehead atoms. The van der Waals surface area contributed by atoms with Crippen molar-refractivity contribution in [1.82, 2.24) is 4.90 Å². The zero-order valence-corrected chi connectivity index (χ0v) is 11.5. The van der Waals surface area contributed by atoms with Gasteiger partial charge in [0, 0.05) is 22.7 Å². The average Bonchev–Trinajstić information content (AvgIpc) is 2.48. The summed E-state index contributed by atoms with van der Waals surface area (Å²) in [5, 5.41) is 9.97. The zero-order valence-electron chi connectivity index (χ0n) is 10.7. The molecular formula is C14H15ClN2O. The van der Waals surface area contributed by atoms with Crippen molar-refractivity contribution in [1.29, 1.82) is 5.26 Å². The third-order valence-corrected chi connectivity index (χ3v) is 3.70. The first kappa shape index (κ1) is 12.9. The monoisotopic (exact) mass is 262 g/mol. The Morgan fingerprint density at radius 3 is 2.67 bits per heavy atom. The second-order valence-corrected chi connectivity index (χ2v) is 5.93. The number of likely N-dealkylation sites (tertiary alicyclic amines) is 1. The van der Waals surface area contributed by atoms with E-state index in [1.54, 1.807) is 29.2 Å². The van der Waals surface area contributed by atoms with E-state index in [0.29, 0.717) is 17.2 Å². The molecule has 1 atom stereocenters. The molecule has 3 nitrogen and oxygen atoms in total. The highest BCUT2D eigenvalue weighted by Gasteiger charge is 2.53. The van der Waals surface area contributed by atoms with E-state index in [9.17, 15) is 10.1 Å². The highest BCUT2D eigenvalue weighted by molar-refractivity contribution is 6.32. The Kier molecular flexibility index (Phi) is 2.87. The van der Waals surface area contributed by atoms with E-state index in [2.05, 4.69) is 6.07 Å². The van der Waals surface area contributed by atoms with Crippen LogP contribution in [0.25, 0.3) is 0 Å². The maximum Gasteiger partial charge on any atom is 0.252 e. The fraction of sp³-hybridized carbons (Fsp3) is 0.429. The van der Waals surface area contributed by atoms with Crippen molar-refractivity contribution in [2.75, 3.05) is 6.54 Å². The van der Waals surface area contributed by atoms with Crippen molar-refractivity contribution in [2.45, 2.75) is 26.3 Å². The minimum Gasteiger partial charge on any atom is -0.332 e. The van der Waals surface area contributed by atoms with E-state index in [1.165, 1.54) is 0 Å². The second kappa shape index (κ2) is 4.00. The van der Waals surface area contributed by atoms with Crippen LogP contribution < -0.4 is 0 Å². The summed E-state index contributed by atoms with van der Waals surface area (Å²) in [5.74, 6) is -0.189. The van der Waals surface area contributed by atoms with Gasteiger partial charge in [0.05, 0.1) is 6.07 Å². The van der Waals surface area contributed by atoms with Crippen LogP contribution in [0.4, 0.5) is 0 Å². The highest BCUT2D eigenvalue weighted by Crippen LogP contribution is 2.44. The van der Waals surface area contributed by atoms with Gasteiger partial charge < -0.3 is 4.90 Å². The minimum absolute atomic E-state index is 0.189. The Hall–Kier alpha value is -1.53. The summed E-state index contributed by atoms with van der Waals surface area (Å²) in [4.78, 5) is 14.3. The lowest BCUT2D eigenvalue weighted by Crippen LogP contribution is -2.44. The lowest BCUT2D eigenvalue weighted by atomic mass is 9.83. The zero-order chi connectivity index (χ0) is 13.6. The predicted molar refractivity (Wildman–Crippen MR) is 70.7 cm³/mol. The van der Waals surface area contributed by atoms with Crippen molar-refractivity contribution < 1.29 is 4.79 Å². The molecule has 0 radical (unpaired) electrons. The van der Waals surface area contributed by atoms with Crippen molar-refractivity contribution in [3.63, 3.8) is 0 Å². The summed E-state index contributed by atoms with van der Waals surface area (Å²) in [6.45, 7) is 6.27. The first-order valence-electron chi connectivity index (χ1n) is 5.81. The molecule has 0 aromatic heterocycles. The van der Waals surface area contributed by atoms with Gasteiger partial charge in [0.15, 0.2) is 5.41 Å². The topological polar surface area (TPSA) is 44.1 Å². The number of fused-ring (bicyclic) bond motifs is 1. The van der Waals surface area contributed by atoms with Gasteiger partial charge in [-0.1, -0.05) is 29.8 Å². The van der Waals surface area contributed by atoms with Crippen LogP contribution in [0.15, 0.2) is 34.9 Å². The predicted octanol–water partition coefficient (Wildman–Crippen LogP) is 2.76. The van der Waals surface area contributed by atoms with Crippen LogP contribution in [0.2, 0.25) is 0 Å². The van der Waals surface area contributed by atoms with Crippen molar-refractivity contribution in [3.05, 3.63) is 34.9 Å². The van der Waals surface area contributed by atoms with Crippen molar-refractivity contribution in [3.8, 4) is 6.07 Å². The molecule has 4 heteroatoms. The number of halogens is 1. The molecule has 94 valence electrons. The Morgan fingerprint density at radius 1 is 1.44 bits per heavy atom. The molecular weight excluding hydrogens is 248 g/mol. The Morgan fingerprint density at radius 2 is 2.11 bits per heavy atom. The van der Waals surface area contributed by atoms with Gasteiger partial charge in [0.1, 0.15) is 0 Å². The first-order chi connectivity index (χ1) is 8.33. The van der Waals surface area contributed by atoms with Gasteiger partial charge in [0.25, 0.3) is 5.91 Å². The quantitative estimate of drug-likeness (QED) is 0.674. The first-order valence-corrected chi connectivity index (χ1v) is 6.19. The summed E-state index contributed by atoms with van der Waals surface area (Å²) in [6.07, 6.45) is 6.83. The summed E-state index contributed by atoms with van der Waals surface area (Å²) in [7, 11) is 0. The van der Waals surface area contributed by atoms with Gasteiger partial charge >= 0.3 is 0 Å². The third-order valence-electron chi connectivity index (χ3n) is 3.35. The Balaban J connectivity index is 2.62. The number of nitrogens with zero attached hydrogens (tertiary/aromatic N) is 2. The van der Waals surface area contributed by atoms with E-state index in [0.717, 1.165) is 0 Å². The highest BCUT2D eigenvalue weighted by atomic mass is 35.5. The molecule has 0 N–H and O–H groups in total. The van der Waals surface area contributed by atoms with Crippen LogP contribution in [0.5, 0.6) is 0 Å². The van der Waals surface area contributed by atoms with Gasteiger partial charge in [-0.3, -0.25) is 4.79 Å². The number of amides is 1. The molecule has 1 saturated heterocycles. The van der Waals surface area contributed by atoms with Crippen LogP contribution in [-0.2, 0) is 4.79 Å². The molecule has 0 saturated carbocycles. The smallest absolute Gasteiger partial charge is 0.252 e. The van der Waals surface area contributed by atoms with E-state index >= 15 is 0 Å². The number of carbonyl (C=O) groups is 1. The van der Waals surface area contributed by atoms with E-state index < -0.39 is 5.41 Å². The average molecular weight is 263 g/mol. The Labute approximate surface area is 112 Å². The fourth-order valence-corrected chi connectivity index (χ4v) is 2.55. The largest absolute Gasteiger partial charge is 0.332 e. The number of hydrogen-bond acceptors (Lipinski definition) is 2. The molecule has 1 aliphatic carbocycles. The van der Waals surface area contributed by atoms with Crippen molar-refractivity contribution in [2.24, 2.45) is 5.41 Å². The van der Waals surface area contributed by atoms with Crippen LogP contribution in [0.1, 0.15) is 20.8 Å². The second-order valence-electron chi connectivity index (χ2n) is 5.53. The van der Waals surface area contributed by atoms with E-state index in [-0.39, 0.29) is 11.4 Å². The minimum atomic E-state index is -1.23. The maximum atomic E-state index is 12.6. The molecule has 2 rings (SSSR count). The van der Waals surface area contributed by atoms with Crippen LogP contribution >= 0.6 is 11.6 Å². The SMILES string of the molecule is CC(C)(C)N1CC2=C(Cl)C=CC=CC2(C#N)C1=O. The van der Waals surface area contributed by atoms with Crippen LogP contribution in [0, 0.1) is 16.7 Å². The van der Waals surface area contributed by atoms with E-state index in [4.69, 9.17) is 11.6 Å². The summed E-state index contributed by atoms with van der Waals surface area (Å²) in [6, 6.07) is 2.14. The molecule has 0 aromatic rings. The Bertz CT molecular complexity index is 531. The maximum absolute atomic E-state index is 12.6. The number of carbonyl (C=O) groups excluding carboxylic acids is 1. The number of rotatable bonds is 0. The summed E-state index contributed by atoms with van der Waals surface area (Å²) in [5.41, 5.74) is -0.875. The summed E-state index contributed by atoms with van der Waals surface area (Å²) < 4.78 is 0.